The van der Waals surface area contributed by atoms with Gasteiger partial charge >= 0.3 is 0 Å². The molecule has 0 bridgehead atoms. The van der Waals surface area contributed by atoms with Crippen molar-refractivity contribution in [3.8, 4) is 0 Å². The molecule has 0 atom stereocenters. The standard InChI is InChI=1S/C16H16N4/c1-10-15(19-11(2)20-16(10)17)9-12-7-8-18-14-6-4-3-5-13(12)14/h3-8H,9H2,1-2H3,(H2,17,19,20). The summed E-state index contributed by atoms with van der Waals surface area (Å²) in [4.78, 5) is 13.1. The Bertz CT molecular complexity index is 775. The summed E-state index contributed by atoms with van der Waals surface area (Å²) in [6, 6.07) is 10.2. The molecule has 4 nitrogen and oxygen atoms in total. The minimum absolute atomic E-state index is 0.561. The highest BCUT2D eigenvalue weighted by Gasteiger charge is 2.09. The van der Waals surface area contributed by atoms with Gasteiger partial charge in [0.2, 0.25) is 0 Å². The first kappa shape index (κ1) is 12.5. The maximum Gasteiger partial charge on any atom is 0.130 e. The van der Waals surface area contributed by atoms with Gasteiger partial charge in [0.05, 0.1) is 11.2 Å². The molecular weight excluding hydrogens is 248 g/mol. The van der Waals surface area contributed by atoms with Crippen LogP contribution >= 0.6 is 0 Å². The average Bonchev–Trinajstić information content (AvgIpc) is 2.44. The molecule has 1 aromatic carbocycles. The highest BCUT2D eigenvalue weighted by molar-refractivity contribution is 5.82. The summed E-state index contributed by atoms with van der Waals surface area (Å²) in [5.41, 5.74) is 10.1. The molecule has 3 rings (SSSR count). The van der Waals surface area contributed by atoms with E-state index in [1.54, 1.807) is 0 Å². The zero-order valence-electron chi connectivity index (χ0n) is 11.6. The Morgan fingerprint density at radius 2 is 1.85 bits per heavy atom. The van der Waals surface area contributed by atoms with Crippen molar-refractivity contribution in [1.29, 1.82) is 0 Å². The van der Waals surface area contributed by atoms with Crippen LogP contribution in [0.2, 0.25) is 0 Å². The zero-order chi connectivity index (χ0) is 14.1. The lowest BCUT2D eigenvalue weighted by molar-refractivity contribution is 0.953. The van der Waals surface area contributed by atoms with Crippen molar-refractivity contribution in [2.45, 2.75) is 20.3 Å². The second kappa shape index (κ2) is 4.89. The molecule has 0 radical (unpaired) electrons. The van der Waals surface area contributed by atoms with Crippen LogP contribution in [0, 0.1) is 13.8 Å². The third-order valence-corrected chi connectivity index (χ3v) is 3.49. The number of benzene rings is 1. The number of anilines is 1. The van der Waals surface area contributed by atoms with Crippen molar-refractivity contribution in [1.82, 2.24) is 15.0 Å². The van der Waals surface area contributed by atoms with Gasteiger partial charge in [0.15, 0.2) is 0 Å². The number of hydrogen-bond donors (Lipinski definition) is 1. The molecule has 0 saturated heterocycles. The van der Waals surface area contributed by atoms with Gasteiger partial charge in [-0.1, -0.05) is 18.2 Å². The van der Waals surface area contributed by atoms with Crippen LogP contribution in [0.25, 0.3) is 10.9 Å². The Kier molecular flexibility index (Phi) is 3.06. The van der Waals surface area contributed by atoms with Crippen molar-refractivity contribution < 1.29 is 0 Å². The quantitative estimate of drug-likeness (QED) is 0.773. The number of nitrogen functional groups attached to an aromatic ring is 1. The normalized spacial score (nSPS) is 10.9. The maximum absolute atomic E-state index is 5.92. The van der Waals surface area contributed by atoms with Crippen LogP contribution in [0.1, 0.15) is 22.6 Å². The number of para-hydroxylation sites is 1. The number of aromatic nitrogens is 3. The van der Waals surface area contributed by atoms with Crippen LogP contribution < -0.4 is 5.73 Å². The Balaban J connectivity index is 2.10. The first-order valence-corrected chi connectivity index (χ1v) is 6.57. The fourth-order valence-electron chi connectivity index (χ4n) is 2.37. The topological polar surface area (TPSA) is 64.7 Å². The average molecular weight is 264 g/mol. The van der Waals surface area contributed by atoms with Crippen molar-refractivity contribution in [3.63, 3.8) is 0 Å². The van der Waals surface area contributed by atoms with Gasteiger partial charge in [0.1, 0.15) is 11.6 Å². The Hall–Kier alpha value is -2.49. The Labute approximate surface area is 117 Å². The number of aryl methyl sites for hydroxylation is 1. The smallest absolute Gasteiger partial charge is 0.130 e. The molecule has 0 aliphatic heterocycles. The predicted molar refractivity (Wildman–Crippen MR) is 80.5 cm³/mol. The van der Waals surface area contributed by atoms with Crippen molar-refractivity contribution in [2.75, 3.05) is 5.73 Å². The number of pyridine rings is 1. The molecule has 0 aliphatic rings. The predicted octanol–water partition coefficient (Wildman–Crippen LogP) is 2.81. The molecule has 0 amide bonds. The van der Waals surface area contributed by atoms with E-state index in [1.165, 1.54) is 5.56 Å². The Morgan fingerprint density at radius 1 is 1.05 bits per heavy atom. The fourth-order valence-corrected chi connectivity index (χ4v) is 2.37. The fraction of sp³-hybridized carbons (Fsp3) is 0.188. The lowest BCUT2D eigenvalue weighted by Crippen LogP contribution is -2.05. The molecule has 2 N–H and O–H groups in total. The second-order valence-electron chi connectivity index (χ2n) is 4.89. The minimum Gasteiger partial charge on any atom is -0.383 e. The van der Waals surface area contributed by atoms with E-state index >= 15 is 0 Å². The van der Waals surface area contributed by atoms with Crippen molar-refractivity contribution >= 4 is 16.7 Å². The third-order valence-electron chi connectivity index (χ3n) is 3.49. The first-order chi connectivity index (χ1) is 9.65. The zero-order valence-corrected chi connectivity index (χ0v) is 11.6. The summed E-state index contributed by atoms with van der Waals surface area (Å²) in [6.07, 6.45) is 2.58. The van der Waals surface area contributed by atoms with Crippen LogP contribution in [0.3, 0.4) is 0 Å². The van der Waals surface area contributed by atoms with E-state index < -0.39 is 0 Å². The van der Waals surface area contributed by atoms with Gasteiger partial charge in [0.25, 0.3) is 0 Å². The molecule has 2 heterocycles. The molecular formula is C16H16N4. The third kappa shape index (κ3) is 2.20. The first-order valence-electron chi connectivity index (χ1n) is 6.57. The maximum atomic E-state index is 5.92. The van der Waals surface area contributed by atoms with E-state index in [4.69, 9.17) is 5.73 Å². The van der Waals surface area contributed by atoms with Crippen LogP contribution in [0.5, 0.6) is 0 Å². The lowest BCUT2D eigenvalue weighted by atomic mass is 10.0. The van der Waals surface area contributed by atoms with Crippen LogP contribution in [-0.4, -0.2) is 15.0 Å². The van der Waals surface area contributed by atoms with E-state index in [0.29, 0.717) is 11.6 Å². The van der Waals surface area contributed by atoms with Crippen molar-refractivity contribution in [3.05, 3.63) is 59.2 Å². The van der Waals surface area contributed by atoms with Gasteiger partial charge in [-0.05, 0) is 31.5 Å². The summed E-state index contributed by atoms with van der Waals surface area (Å²) in [5, 5.41) is 1.16. The van der Waals surface area contributed by atoms with Crippen molar-refractivity contribution in [2.24, 2.45) is 0 Å². The second-order valence-corrected chi connectivity index (χ2v) is 4.89. The van der Waals surface area contributed by atoms with Gasteiger partial charge < -0.3 is 5.73 Å². The largest absolute Gasteiger partial charge is 0.383 e. The Morgan fingerprint density at radius 3 is 2.70 bits per heavy atom. The molecule has 0 spiro atoms. The van der Waals surface area contributed by atoms with Gasteiger partial charge in [-0.15, -0.1) is 0 Å². The number of rotatable bonds is 2. The van der Waals surface area contributed by atoms with E-state index in [1.807, 2.05) is 44.3 Å². The molecule has 100 valence electrons. The highest BCUT2D eigenvalue weighted by Crippen LogP contribution is 2.21. The molecule has 20 heavy (non-hydrogen) atoms. The summed E-state index contributed by atoms with van der Waals surface area (Å²) >= 11 is 0. The molecule has 0 fully saturated rings. The summed E-state index contributed by atoms with van der Waals surface area (Å²) in [5.74, 6) is 1.27. The van der Waals surface area contributed by atoms with Gasteiger partial charge in [0, 0.05) is 23.6 Å². The SMILES string of the molecule is Cc1nc(N)c(C)c(Cc2ccnc3ccccc23)n1. The molecule has 0 aliphatic carbocycles. The van der Waals surface area contributed by atoms with Crippen LogP contribution in [-0.2, 0) is 6.42 Å². The van der Waals surface area contributed by atoms with Gasteiger partial charge in [-0.2, -0.15) is 0 Å². The number of fused-ring (bicyclic) bond motifs is 1. The van der Waals surface area contributed by atoms with Gasteiger partial charge in [-0.25, -0.2) is 9.97 Å². The monoisotopic (exact) mass is 264 g/mol. The summed E-state index contributed by atoms with van der Waals surface area (Å²) < 4.78 is 0. The van der Waals surface area contributed by atoms with Gasteiger partial charge in [-0.3, -0.25) is 4.98 Å². The molecule has 4 heteroatoms. The highest BCUT2D eigenvalue weighted by atomic mass is 14.9. The number of nitrogens with zero attached hydrogens (tertiary/aromatic N) is 3. The van der Waals surface area contributed by atoms with E-state index in [0.717, 1.165) is 28.6 Å². The minimum atomic E-state index is 0.561. The molecule has 2 aromatic heterocycles. The molecule has 0 saturated carbocycles. The number of nitrogens with two attached hydrogens (primary N) is 1. The summed E-state index contributed by atoms with van der Waals surface area (Å²) in [6.45, 7) is 3.83. The van der Waals surface area contributed by atoms with Crippen LogP contribution in [0.15, 0.2) is 36.5 Å². The molecule has 3 aromatic rings. The van der Waals surface area contributed by atoms with E-state index in [9.17, 15) is 0 Å². The van der Waals surface area contributed by atoms with E-state index in [2.05, 4.69) is 21.0 Å². The van der Waals surface area contributed by atoms with E-state index in [-0.39, 0.29) is 0 Å². The number of hydrogen-bond acceptors (Lipinski definition) is 4. The van der Waals surface area contributed by atoms with Crippen LogP contribution in [0.4, 0.5) is 5.82 Å². The molecule has 0 unspecified atom stereocenters. The summed E-state index contributed by atoms with van der Waals surface area (Å²) in [7, 11) is 0. The lowest BCUT2D eigenvalue weighted by Gasteiger charge is -2.10.